The summed E-state index contributed by atoms with van der Waals surface area (Å²) in [6, 6.07) is 10.1. The van der Waals surface area contributed by atoms with Crippen molar-refractivity contribution >= 4 is 28.4 Å². The number of nitrogens with zero attached hydrogens (tertiary/aromatic N) is 3. The maximum absolute atomic E-state index is 5.45. The van der Waals surface area contributed by atoms with E-state index in [0.717, 1.165) is 34.7 Å². The van der Waals surface area contributed by atoms with E-state index in [4.69, 9.17) is 14.6 Å². The molecule has 3 rings (SSSR count). The van der Waals surface area contributed by atoms with E-state index in [2.05, 4.69) is 34.8 Å². The minimum absolute atomic E-state index is 0.698. The molecule has 0 saturated carbocycles. The van der Waals surface area contributed by atoms with Crippen LogP contribution in [0.4, 0.5) is 0 Å². The Bertz CT molecular complexity index is 985. The molecule has 2 heterocycles. The zero-order valence-electron chi connectivity index (χ0n) is 15.9. The van der Waals surface area contributed by atoms with Crippen LogP contribution in [0.25, 0.3) is 10.6 Å². The summed E-state index contributed by atoms with van der Waals surface area (Å²) in [7, 11) is 3.28. The van der Waals surface area contributed by atoms with Crippen molar-refractivity contribution in [1.82, 2.24) is 4.68 Å². The van der Waals surface area contributed by atoms with Crippen molar-refractivity contribution in [3.8, 4) is 22.1 Å². The predicted octanol–water partition coefficient (Wildman–Crippen LogP) is 4.88. The van der Waals surface area contributed by atoms with E-state index in [0.29, 0.717) is 11.5 Å². The molecular formula is C20H23N3O2S2. The van der Waals surface area contributed by atoms with Gasteiger partial charge in [0, 0.05) is 17.5 Å². The average molecular weight is 402 g/mol. The maximum Gasteiger partial charge on any atom is 0.206 e. The fraction of sp³-hybridized carbons (Fsp3) is 0.300. The van der Waals surface area contributed by atoms with Gasteiger partial charge in [0.1, 0.15) is 0 Å². The van der Waals surface area contributed by atoms with Gasteiger partial charge in [0.15, 0.2) is 11.5 Å². The summed E-state index contributed by atoms with van der Waals surface area (Å²) in [5, 5.41) is 9.17. The van der Waals surface area contributed by atoms with Crippen molar-refractivity contribution < 1.29 is 9.47 Å². The summed E-state index contributed by atoms with van der Waals surface area (Å²) in [6.07, 6.45) is 0.785. The molecule has 0 amide bonds. The molecule has 3 aromatic rings. The number of thiazole rings is 1. The van der Waals surface area contributed by atoms with Crippen molar-refractivity contribution in [3.05, 3.63) is 51.5 Å². The lowest BCUT2D eigenvalue weighted by atomic mass is 10.1. The van der Waals surface area contributed by atoms with Crippen LogP contribution in [0.3, 0.4) is 0 Å². The Morgan fingerprint density at radius 1 is 1.07 bits per heavy atom. The first-order valence-corrected chi connectivity index (χ1v) is 10.5. The van der Waals surface area contributed by atoms with E-state index in [1.165, 1.54) is 4.88 Å². The standard InChI is InChI=1S/C20H23N3O2S2/c1-5-15(14-9-10-17(24-3)18(12-14)25-4)22-23-16(19-8-7-11-26-19)13-27-20(23)21-6-2/h7-13H,5-6H2,1-4H3. The first kappa shape index (κ1) is 19.4. The smallest absolute Gasteiger partial charge is 0.206 e. The van der Waals surface area contributed by atoms with Crippen molar-refractivity contribution in [2.45, 2.75) is 20.3 Å². The van der Waals surface area contributed by atoms with Gasteiger partial charge in [0.25, 0.3) is 0 Å². The van der Waals surface area contributed by atoms with Crippen LogP contribution in [0.1, 0.15) is 25.8 Å². The molecule has 0 spiro atoms. The molecule has 0 aliphatic rings. The molecule has 0 bridgehead atoms. The van der Waals surface area contributed by atoms with E-state index in [-0.39, 0.29) is 0 Å². The molecule has 2 aromatic heterocycles. The van der Waals surface area contributed by atoms with E-state index in [1.807, 2.05) is 29.8 Å². The molecule has 142 valence electrons. The SMILES string of the molecule is CCN=c1scc(-c2cccs2)n1N=C(CC)c1ccc(OC)c(OC)c1. The molecule has 5 nitrogen and oxygen atoms in total. The van der Waals surface area contributed by atoms with E-state index < -0.39 is 0 Å². The largest absolute Gasteiger partial charge is 0.493 e. The normalized spacial score (nSPS) is 12.4. The first-order valence-electron chi connectivity index (χ1n) is 8.76. The number of aromatic nitrogens is 1. The number of thiophene rings is 1. The summed E-state index contributed by atoms with van der Waals surface area (Å²) >= 11 is 3.31. The van der Waals surface area contributed by atoms with Crippen molar-refractivity contribution in [2.24, 2.45) is 10.1 Å². The summed E-state index contributed by atoms with van der Waals surface area (Å²) in [4.78, 5) is 6.69. The maximum atomic E-state index is 5.45. The van der Waals surface area contributed by atoms with Gasteiger partial charge in [0.2, 0.25) is 4.80 Å². The number of benzene rings is 1. The second-order valence-electron chi connectivity index (χ2n) is 5.64. The van der Waals surface area contributed by atoms with Crippen LogP contribution in [0.15, 0.2) is 51.2 Å². The molecule has 0 atom stereocenters. The van der Waals surface area contributed by atoms with E-state index in [1.54, 1.807) is 36.9 Å². The Hall–Kier alpha value is -2.38. The number of hydrogen-bond acceptors (Lipinski definition) is 6. The Morgan fingerprint density at radius 2 is 1.89 bits per heavy atom. The fourth-order valence-electron chi connectivity index (χ4n) is 2.70. The second kappa shape index (κ2) is 9.01. The molecule has 0 N–H and O–H groups in total. The van der Waals surface area contributed by atoms with Gasteiger partial charge in [-0.15, -0.1) is 22.7 Å². The van der Waals surface area contributed by atoms with E-state index >= 15 is 0 Å². The fourth-order valence-corrected chi connectivity index (χ4v) is 4.39. The molecule has 0 unspecified atom stereocenters. The number of ether oxygens (including phenoxy) is 2. The third kappa shape index (κ3) is 4.14. The summed E-state index contributed by atoms with van der Waals surface area (Å²) in [5.41, 5.74) is 3.03. The highest BCUT2D eigenvalue weighted by Gasteiger charge is 2.12. The Morgan fingerprint density at radius 3 is 2.52 bits per heavy atom. The van der Waals surface area contributed by atoms with Gasteiger partial charge >= 0.3 is 0 Å². The van der Waals surface area contributed by atoms with Gasteiger partial charge in [-0.25, -0.2) is 4.68 Å². The number of hydrogen-bond donors (Lipinski definition) is 0. The quantitative estimate of drug-likeness (QED) is 0.530. The van der Waals surface area contributed by atoms with Gasteiger partial charge in [-0.05, 0) is 43.0 Å². The lowest BCUT2D eigenvalue weighted by Gasteiger charge is -2.11. The van der Waals surface area contributed by atoms with Crippen LogP contribution < -0.4 is 14.3 Å². The minimum Gasteiger partial charge on any atom is -0.493 e. The van der Waals surface area contributed by atoms with Crippen LogP contribution in [0.5, 0.6) is 11.5 Å². The summed E-state index contributed by atoms with van der Waals surface area (Å²) in [5.74, 6) is 1.41. The Balaban J connectivity index is 2.14. The molecular weight excluding hydrogens is 378 g/mol. The molecule has 0 fully saturated rings. The lowest BCUT2D eigenvalue weighted by molar-refractivity contribution is 0.355. The van der Waals surface area contributed by atoms with Gasteiger partial charge < -0.3 is 9.47 Å². The topological polar surface area (TPSA) is 48.1 Å². The summed E-state index contributed by atoms with van der Waals surface area (Å²) in [6.45, 7) is 4.86. The molecule has 0 saturated heterocycles. The van der Waals surface area contributed by atoms with Crippen LogP contribution in [0.2, 0.25) is 0 Å². The number of rotatable bonds is 7. The molecule has 7 heteroatoms. The highest BCUT2D eigenvalue weighted by molar-refractivity contribution is 7.14. The van der Waals surface area contributed by atoms with Gasteiger partial charge in [-0.2, -0.15) is 5.10 Å². The van der Waals surface area contributed by atoms with E-state index in [9.17, 15) is 0 Å². The minimum atomic E-state index is 0.698. The van der Waals surface area contributed by atoms with Crippen LogP contribution in [0, 0.1) is 0 Å². The van der Waals surface area contributed by atoms with Crippen LogP contribution in [-0.2, 0) is 0 Å². The highest BCUT2D eigenvalue weighted by Crippen LogP contribution is 2.29. The zero-order chi connectivity index (χ0) is 19.2. The Labute approximate surface area is 167 Å². The van der Waals surface area contributed by atoms with Gasteiger partial charge in [-0.1, -0.05) is 13.0 Å². The van der Waals surface area contributed by atoms with Crippen molar-refractivity contribution in [1.29, 1.82) is 0 Å². The second-order valence-corrected chi connectivity index (χ2v) is 7.42. The lowest BCUT2D eigenvalue weighted by Crippen LogP contribution is -2.15. The third-order valence-electron chi connectivity index (χ3n) is 4.02. The third-order valence-corrected chi connectivity index (χ3v) is 5.77. The van der Waals surface area contributed by atoms with Crippen LogP contribution >= 0.6 is 22.7 Å². The number of methoxy groups -OCH3 is 2. The summed E-state index contributed by atoms with van der Waals surface area (Å²) < 4.78 is 12.8. The molecule has 27 heavy (non-hydrogen) atoms. The molecule has 0 aliphatic carbocycles. The molecule has 1 aromatic carbocycles. The van der Waals surface area contributed by atoms with Crippen molar-refractivity contribution in [2.75, 3.05) is 20.8 Å². The zero-order valence-corrected chi connectivity index (χ0v) is 17.6. The molecule has 0 radical (unpaired) electrons. The first-order chi connectivity index (χ1) is 13.2. The van der Waals surface area contributed by atoms with Gasteiger partial charge in [0.05, 0.1) is 30.5 Å². The highest BCUT2D eigenvalue weighted by atomic mass is 32.1. The van der Waals surface area contributed by atoms with Gasteiger partial charge in [-0.3, -0.25) is 4.99 Å². The van der Waals surface area contributed by atoms with Crippen molar-refractivity contribution in [3.63, 3.8) is 0 Å². The Kier molecular flexibility index (Phi) is 6.47. The average Bonchev–Trinajstić information content (AvgIpc) is 3.36. The monoisotopic (exact) mass is 401 g/mol. The predicted molar refractivity (Wildman–Crippen MR) is 113 cm³/mol. The van der Waals surface area contributed by atoms with Crippen LogP contribution in [-0.4, -0.2) is 31.2 Å². The molecule has 0 aliphatic heterocycles.